The Bertz CT molecular complexity index is 1140. The molecule has 3 aromatic heterocycles. The van der Waals surface area contributed by atoms with Crippen molar-refractivity contribution in [3.8, 4) is 17.2 Å². The maximum Gasteiger partial charge on any atom is 0.234 e. The highest BCUT2D eigenvalue weighted by molar-refractivity contribution is 5.76. The average molecular weight is 372 g/mol. The minimum atomic E-state index is 0.0222. The van der Waals surface area contributed by atoms with Gasteiger partial charge in [-0.15, -0.1) is 0 Å². The lowest BCUT2D eigenvalue weighted by Gasteiger charge is -2.22. The number of imidazole rings is 1. The Kier molecular flexibility index (Phi) is 3.40. The van der Waals surface area contributed by atoms with Crippen molar-refractivity contribution in [3.05, 3.63) is 54.8 Å². The van der Waals surface area contributed by atoms with Gasteiger partial charge in [-0.05, 0) is 49.6 Å². The summed E-state index contributed by atoms with van der Waals surface area (Å²) in [4.78, 5) is 13.8. The van der Waals surface area contributed by atoms with E-state index in [0.29, 0.717) is 11.7 Å². The summed E-state index contributed by atoms with van der Waals surface area (Å²) in [6, 6.07) is 12.0. The maximum absolute atomic E-state index is 5.72. The standard InChI is InChI=1S/C21H20N6O/c1-2-6-17-16(5-1)24-13-27(17)18-8-7-14(10-23-18)19-25-20(28-26-19)21-9-3-4-15(21)11-22-12-21/h1-2,5-8,10,13,15,22H,3-4,9,11-12H2/t15-,21-/m1/s1. The topological polar surface area (TPSA) is 81.7 Å². The second-order valence-corrected chi connectivity index (χ2v) is 7.81. The van der Waals surface area contributed by atoms with Gasteiger partial charge < -0.3 is 9.84 Å². The van der Waals surface area contributed by atoms with Crippen LogP contribution in [0.4, 0.5) is 0 Å². The second-order valence-electron chi connectivity index (χ2n) is 7.81. The van der Waals surface area contributed by atoms with Gasteiger partial charge in [0.1, 0.15) is 12.1 Å². The highest BCUT2D eigenvalue weighted by Crippen LogP contribution is 2.47. The fourth-order valence-electron chi connectivity index (χ4n) is 4.85. The number of rotatable bonds is 3. The largest absolute Gasteiger partial charge is 0.338 e. The van der Waals surface area contributed by atoms with E-state index in [-0.39, 0.29) is 5.41 Å². The molecule has 7 heteroatoms. The fraction of sp³-hybridized carbons (Fsp3) is 0.333. The minimum absolute atomic E-state index is 0.0222. The number of aromatic nitrogens is 5. The molecule has 2 fully saturated rings. The number of para-hydroxylation sites is 2. The van der Waals surface area contributed by atoms with E-state index in [4.69, 9.17) is 9.51 Å². The maximum atomic E-state index is 5.72. The van der Waals surface area contributed by atoms with Gasteiger partial charge in [0.05, 0.1) is 16.4 Å². The Labute approximate surface area is 161 Å². The molecule has 6 rings (SSSR count). The molecule has 0 spiro atoms. The van der Waals surface area contributed by atoms with E-state index in [1.165, 1.54) is 12.8 Å². The molecular weight excluding hydrogens is 352 g/mol. The van der Waals surface area contributed by atoms with Crippen molar-refractivity contribution in [1.82, 2.24) is 30.0 Å². The van der Waals surface area contributed by atoms with E-state index in [9.17, 15) is 0 Å². The molecular formula is C21H20N6O. The van der Waals surface area contributed by atoms with Crippen LogP contribution < -0.4 is 5.32 Å². The molecule has 1 aliphatic heterocycles. The third-order valence-corrected chi connectivity index (χ3v) is 6.35. The molecule has 4 heterocycles. The average Bonchev–Trinajstić information content (AvgIpc) is 3.49. The smallest absolute Gasteiger partial charge is 0.234 e. The molecule has 1 N–H and O–H groups in total. The third-order valence-electron chi connectivity index (χ3n) is 6.35. The molecule has 2 aliphatic rings. The van der Waals surface area contributed by atoms with Gasteiger partial charge in [-0.25, -0.2) is 9.97 Å². The first-order valence-electron chi connectivity index (χ1n) is 9.77. The van der Waals surface area contributed by atoms with Crippen LogP contribution in [0, 0.1) is 5.92 Å². The number of nitrogens with zero attached hydrogens (tertiary/aromatic N) is 5. The van der Waals surface area contributed by atoms with E-state index in [2.05, 4.69) is 20.4 Å². The molecule has 28 heavy (non-hydrogen) atoms. The number of pyridine rings is 1. The lowest BCUT2D eigenvalue weighted by Crippen LogP contribution is -2.31. The van der Waals surface area contributed by atoms with Crippen LogP contribution in [0.2, 0.25) is 0 Å². The highest BCUT2D eigenvalue weighted by Gasteiger charge is 2.51. The quantitative estimate of drug-likeness (QED) is 0.595. The van der Waals surface area contributed by atoms with Crippen LogP contribution in [-0.2, 0) is 5.41 Å². The Morgan fingerprint density at radius 2 is 2.11 bits per heavy atom. The molecule has 1 saturated carbocycles. The van der Waals surface area contributed by atoms with Crippen molar-refractivity contribution in [2.24, 2.45) is 5.92 Å². The van der Waals surface area contributed by atoms with Gasteiger partial charge in [0.2, 0.25) is 11.7 Å². The van der Waals surface area contributed by atoms with Gasteiger partial charge in [0.25, 0.3) is 0 Å². The van der Waals surface area contributed by atoms with Crippen LogP contribution in [0.15, 0.2) is 53.4 Å². The molecule has 1 aliphatic carbocycles. The fourth-order valence-corrected chi connectivity index (χ4v) is 4.85. The normalized spacial score (nSPS) is 24.1. The Hall–Kier alpha value is -3.06. The van der Waals surface area contributed by atoms with Gasteiger partial charge >= 0.3 is 0 Å². The lowest BCUT2D eigenvalue weighted by atomic mass is 9.80. The summed E-state index contributed by atoms with van der Waals surface area (Å²) < 4.78 is 7.70. The molecule has 1 saturated heterocycles. The van der Waals surface area contributed by atoms with E-state index in [1.54, 1.807) is 12.5 Å². The zero-order valence-electron chi connectivity index (χ0n) is 15.4. The molecule has 1 aromatic carbocycles. The van der Waals surface area contributed by atoms with Crippen LogP contribution in [0.25, 0.3) is 28.2 Å². The van der Waals surface area contributed by atoms with Crippen molar-refractivity contribution in [2.45, 2.75) is 24.7 Å². The van der Waals surface area contributed by atoms with Crippen LogP contribution in [-0.4, -0.2) is 37.8 Å². The zero-order chi connectivity index (χ0) is 18.6. The van der Waals surface area contributed by atoms with Crippen molar-refractivity contribution in [2.75, 3.05) is 13.1 Å². The van der Waals surface area contributed by atoms with E-state index in [1.807, 2.05) is 41.0 Å². The lowest BCUT2D eigenvalue weighted by molar-refractivity contribution is 0.265. The number of hydrogen-bond acceptors (Lipinski definition) is 6. The Morgan fingerprint density at radius 3 is 3.04 bits per heavy atom. The highest BCUT2D eigenvalue weighted by atomic mass is 16.5. The van der Waals surface area contributed by atoms with E-state index < -0.39 is 0 Å². The van der Waals surface area contributed by atoms with Gasteiger partial charge in [-0.2, -0.15) is 4.98 Å². The molecule has 140 valence electrons. The molecule has 0 unspecified atom stereocenters. The predicted octanol–water partition coefficient (Wildman–Crippen LogP) is 3.11. The molecule has 2 atom stereocenters. The summed E-state index contributed by atoms with van der Waals surface area (Å²) in [5, 5.41) is 7.76. The summed E-state index contributed by atoms with van der Waals surface area (Å²) >= 11 is 0. The summed E-state index contributed by atoms with van der Waals surface area (Å²) in [5.74, 6) is 2.81. The van der Waals surface area contributed by atoms with Gasteiger partial charge in [0.15, 0.2) is 0 Å². The van der Waals surface area contributed by atoms with Crippen LogP contribution in [0.5, 0.6) is 0 Å². The summed E-state index contributed by atoms with van der Waals surface area (Å²) in [6.45, 7) is 1.98. The summed E-state index contributed by atoms with van der Waals surface area (Å²) in [6.07, 6.45) is 7.19. The van der Waals surface area contributed by atoms with Gasteiger partial charge in [-0.3, -0.25) is 4.57 Å². The second kappa shape index (κ2) is 5.97. The van der Waals surface area contributed by atoms with Crippen molar-refractivity contribution in [3.63, 3.8) is 0 Å². The van der Waals surface area contributed by atoms with Gasteiger partial charge in [0, 0.05) is 18.3 Å². The SMILES string of the molecule is c1ccc2c(c1)ncn2-c1ccc(-c2noc([C@@]34CCC[C@@H]3CNC4)n2)cn1. The van der Waals surface area contributed by atoms with Crippen molar-refractivity contribution < 1.29 is 4.52 Å². The summed E-state index contributed by atoms with van der Waals surface area (Å²) in [7, 11) is 0. The number of nitrogens with one attached hydrogen (secondary N) is 1. The molecule has 0 radical (unpaired) electrons. The molecule has 0 amide bonds. The third kappa shape index (κ3) is 2.26. The summed E-state index contributed by atoms with van der Waals surface area (Å²) in [5.41, 5.74) is 2.87. The first kappa shape index (κ1) is 15.9. The van der Waals surface area contributed by atoms with Crippen LogP contribution in [0.1, 0.15) is 25.2 Å². The monoisotopic (exact) mass is 372 g/mol. The van der Waals surface area contributed by atoms with Crippen molar-refractivity contribution in [1.29, 1.82) is 0 Å². The number of benzene rings is 1. The minimum Gasteiger partial charge on any atom is -0.338 e. The number of hydrogen-bond donors (Lipinski definition) is 1. The first-order chi connectivity index (χ1) is 13.8. The van der Waals surface area contributed by atoms with Crippen LogP contribution in [0.3, 0.4) is 0 Å². The zero-order valence-corrected chi connectivity index (χ0v) is 15.4. The first-order valence-corrected chi connectivity index (χ1v) is 9.77. The van der Waals surface area contributed by atoms with Crippen LogP contribution >= 0.6 is 0 Å². The van der Waals surface area contributed by atoms with Crippen molar-refractivity contribution >= 4 is 11.0 Å². The Morgan fingerprint density at radius 1 is 1.14 bits per heavy atom. The Balaban J connectivity index is 1.32. The van der Waals surface area contributed by atoms with Gasteiger partial charge in [-0.1, -0.05) is 23.7 Å². The molecule has 4 aromatic rings. The molecule has 0 bridgehead atoms. The predicted molar refractivity (Wildman–Crippen MR) is 104 cm³/mol. The molecule has 7 nitrogen and oxygen atoms in total. The van der Waals surface area contributed by atoms with E-state index in [0.717, 1.165) is 47.8 Å². The number of fused-ring (bicyclic) bond motifs is 2. The van der Waals surface area contributed by atoms with E-state index >= 15 is 0 Å².